The van der Waals surface area contributed by atoms with E-state index in [1.165, 1.54) is 102 Å². The summed E-state index contributed by atoms with van der Waals surface area (Å²) in [5, 5.41) is 0. The Morgan fingerprint density at radius 1 is 0.733 bits per heavy atom. The molecule has 1 atom stereocenters. The van der Waals surface area contributed by atoms with Crippen molar-refractivity contribution in [3.8, 4) is 0 Å². The van der Waals surface area contributed by atoms with Crippen LogP contribution in [0.25, 0.3) is 0 Å². The molecule has 0 aromatic carbocycles. The Morgan fingerprint density at radius 2 is 1.20 bits per heavy atom. The molecule has 0 aliphatic carbocycles. The third-order valence-corrected chi connectivity index (χ3v) is 6.57. The van der Waals surface area contributed by atoms with Gasteiger partial charge in [0.15, 0.2) is 0 Å². The van der Waals surface area contributed by atoms with Crippen molar-refractivity contribution in [2.75, 3.05) is 59.5 Å². The van der Waals surface area contributed by atoms with Crippen molar-refractivity contribution in [2.45, 2.75) is 103 Å². The van der Waals surface area contributed by atoms with Crippen molar-refractivity contribution in [2.24, 2.45) is 0 Å². The predicted octanol–water partition coefficient (Wildman–Crippen LogP) is 3.94. The third kappa shape index (κ3) is 26.7. The van der Waals surface area contributed by atoms with E-state index in [-0.39, 0.29) is 23.1 Å². The van der Waals surface area contributed by atoms with Gasteiger partial charge in [0.05, 0.1) is 40.4 Å². The molecule has 0 bridgehead atoms. The number of rotatable bonds is 23. The number of ether oxygens (including phenoxy) is 2. The normalized spacial score (nSPS) is 12.7. The van der Waals surface area contributed by atoms with Crippen LogP contribution < -0.4 is 17.0 Å². The number of unbranched alkanes of at least 4 members (excludes halogenated alkanes) is 13. The number of methoxy groups -OCH3 is 1. The van der Waals surface area contributed by atoms with Crippen molar-refractivity contribution in [3.63, 3.8) is 0 Å². The minimum atomic E-state index is 0. The first-order chi connectivity index (χ1) is 14.0. The second-order valence-electron chi connectivity index (χ2n) is 9.62. The molecule has 0 saturated carbocycles. The fraction of sp³-hybridized carbons (Fsp3) is 1.00. The zero-order valence-electron chi connectivity index (χ0n) is 21.1. The summed E-state index contributed by atoms with van der Waals surface area (Å²) in [4.78, 5) is 0. The van der Waals surface area contributed by atoms with Crippen molar-refractivity contribution >= 4 is 11.8 Å². The SMILES string of the molecule is CCCCCCCCCCCCCCCCOCC(CSCC[N+](C)(C)C)OC.[Br-]. The first-order valence-corrected chi connectivity index (χ1v) is 13.6. The van der Waals surface area contributed by atoms with Crippen LogP contribution in [0, 0.1) is 0 Å². The van der Waals surface area contributed by atoms with Gasteiger partial charge in [-0.1, -0.05) is 90.4 Å². The first-order valence-electron chi connectivity index (χ1n) is 12.5. The summed E-state index contributed by atoms with van der Waals surface area (Å²) in [5.41, 5.74) is 0. The van der Waals surface area contributed by atoms with Crippen LogP contribution in [0.5, 0.6) is 0 Å². The molecule has 0 aliphatic heterocycles. The fourth-order valence-electron chi connectivity index (χ4n) is 3.35. The van der Waals surface area contributed by atoms with Crippen LogP contribution in [0.1, 0.15) is 96.8 Å². The van der Waals surface area contributed by atoms with Crippen LogP contribution in [-0.2, 0) is 9.47 Å². The molecule has 0 aromatic rings. The van der Waals surface area contributed by atoms with E-state index in [4.69, 9.17) is 9.47 Å². The molecule has 0 aromatic heterocycles. The van der Waals surface area contributed by atoms with E-state index in [9.17, 15) is 0 Å². The van der Waals surface area contributed by atoms with E-state index < -0.39 is 0 Å². The molecular weight excluding hydrogens is 458 g/mol. The maximum absolute atomic E-state index is 5.85. The molecule has 3 nitrogen and oxygen atoms in total. The Labute approximate surface area is 204 Å². The number of hydrogen-bond acceptors (Lipinski definition) is 3. The topological polar surface area (TPSA) is 18.5 Å². The summed E-state index contributed by atoms with van der Waals surface area (Å²) in [7, 11) is 8.54. The Balaban J connectivity index is 0. The minimum Gasteiger partial charge on any atom is -1.00 e. The van der Waals surface area contributed by atoms with E-state index in [0.29, 0.717) is 0 Å². The molecular formula is C25H54BrNO2S. The molecule has 0 spiro atoms. The van der Waals surface area contributed by atoms with Gasteiger partial charge in [-0.2, -0.15) is 11.8 Å². The van der Waals surface area contributed by atoms with E-state index in [2.05, 4.69) is 28.1 Å². The lowest BCUT2D eigenvalue weighted by Gasteiger charge is -2.24. The molecule has 30 heavy (non-hydrogen) atoms. The van der Waals surface area contributed by atoms with Crippen molar-refractivity contribution in [1.29, 1.82) is 0 Å². The number of nitrogens with zero attached hydrogens (tertiary/aromatic N) is 1. The molecule has 0 saturated heterocycles. The van der Waals surface area contributed by atoms with Crippen molar-refractivity contribution in [3.05, 3.63) is 0 Å². The van der Waals surface area contributed by atoms with Gasteiger partial charge in [-0.25, -0.2) is 0 Å². The Kier molecular flexibility index (Phi) is 26.7. The molecule has 1 unspecified atom stereocenters. The molecule has 0 rings (SSSR count). The third-order valence-electron chi connectivity index (χ3n) is 5.49. The average molecular weight is 513 g/mol. The van der Waals surface area contributed by atoms with Crippen LogP contribution in [0.15, 0.2) is 0 Å². The summed E-state index contributed by atoms with van der Waals surface area (Å²) in [5.74, 6) is 2.22. The van der Waals surface area contributed by atoms with Gasteiger partial charge in [-0.05, 0) is 6.42 Å². The largest absolute Gasteiger partial charge is 1.00 e. The highest BCUT2D eigenvalue weighted by atomic mass is 79.9. The monoisotopic (exact) mass is 511 g/mol. The lowest BCUT2D eigenvalue weighted by atomic mass is 10.0. The van der Waals surface area contributed by atoms with Crippen LogP contribution in [0.2, 0.25) is 0 Å². The van der Waals surface area contributed by atoms with Gasteiger partial charge < -0.3 is 30.9 Å². The number of quaternary nitrogens is 1. The summed E-state index contributed by atoms with van der Waals surface area (Å²) >= 11 is 1.98. The predicted molar refractivity (Wildman–Crippen MR) is 132 cm³/mol. The molecule has 5 heteroatoms. The van der Waals surface area contributed by atoms with Gasteiger partial charge in [0, 0.05) is 25.2 Å². The van der Waals surface area contributed by atoms with Crippen LogP contribution in [0.3, 0.4) is 0 Å². The number of thioether (sulfide) groups is 1. The Bertz CT molecular complexity index is 327. The molecule has 0 radical (unpaired) electrons. The summed E-state index contributed by atoms with van der Waals surface area (Å²) < 4.78 is 12.4. The second kappa shape index (κ2) is 24.4. The highest BCUT2D eigenvalue weighted by molar-refractivity contribution is 7.99. The first kappa shape index (κ1) is 32.9. The van der Waals surface area contributed by atoms with E-state index in [0.717, 1.165) is 23.4 Å². The smallest absolute Gasteiger partial charge is 0.0894 e. The average Bonchev–Trinajstić information content (AvgIpc) is 2.68. The van der Waals surface area contributed by atoms with Gasteiger partial charge >= 0.3 is 0 Å². The number of hydrogen-bond donors (Lipinski definition) is 0. The van der Waals surface area contributed by atoms with E-state index in [1.54, 1.807) is 7.11 Å². The highest BCUT2D eigenvalue weighted by Gasteiger charge is 2.10. The van der Waals surface area contributed by atoms with Crippen molar-refractivity contribution < 1.29 is 30.9 Å². The molecule has 0 aliphatic rings. The highest BCUT2D eigenvalue weighted by Crippen LogP contribution is 2.13. The lowest BCUT2D eigenvalue weighted by molar-refractivity contribution is -0.867. The van der Waals surface area contributed by atoms with Gasteiger partial charge in [-0.3, -0.25) is 0 Å². The van der Waals surface area contributed by atoms with Gasteiger partial charge in [-0.15, -0.1) is 0 Å². The number of halogens is 1. The van der Waals surface area contributed by atoms with Crippen LogP contribution >= 0.6 is 11.8 Å². The molecule has 184 valence electrons. The standard InChI is InChI=1S/C25H54NO2S.BrH/c1-6-7-8-9-10-11-12-13-14-15-16-17-18-19-21-28-23-25(27-5)24-29-22-20-26(2,3)4;/h25H,6-24H2,1-5H3;1H/q+1;/p-1. The van der Waals surface area contributed by atoms with Gasteiger partial charge in [0.2, 0.25) is 0 Å². The van der Waals surface area contributed by atoms with Gasteiger partial charge in [0.1, 0.15) is 0 Å². The maximum atomic E-state index is 5.85. The Hall–Kier alpha value is 0.710. The van der Waals surface area contributed by atoms with E-state index >= 15 is 0 Å². The molecule has 0 heterocycles. The lowest BCUT2D eigenvalue weighted by Crippen LogP contribution is -3.00. The summed E-state index contributed by atoms with van der Waals surface area (Å²) in [6.07, 6.45) is 19.9. The molecule has 0 N–H and O–H groups in total. The molecule has 0 fully saturated rings. The zero-order chi connectivity index (χ0) is 21.6. The van der Waals surface area contributed by atoms with Crippen LogP contribution in [-0.4, -0.2) is 70.1 Å². The maximum Gasteiger partial charge on any atom is 0.0894 e. The summed E-state index contributed by atoms with van der Waals surface area (Å²) in [6, 6.07) is 0. The summed E-state index contributed by atoms with van der Waals surface area (Å²) in [6.45, 7) is 5.12. The van der Waals surface area contributed by atoms with Gasteiger partial charge in [0.25, 0.3) is 0 Å². The Morgan fingerprint density at radius 3 is 1.63 bits per heavy atom. The second-order valence-corrected chi connectivity index (χ2v) is 10.8. The molecule has 0 amide bonds. The van der Waals surface area contributed by atoms with E-state index in [1.807, 2.05) is 11.8 Å². The fourth-order valence-corrected chi connectivity index (χ4v) is 4.69. The minimum absolute atomic E-state index is 0. The zero-order valence-corrected chi connectivity index (χ0v) is 23.5. The van der Waals surface area contributed by atoms with Crippen LogP contribution in [0.4, 0.5) is 0 Å². The van der Waals surface area contributed by atoms with Crippen molar-refractivity contribution in [1.82, 2.24) is 0 Å². The quantitative estimate of drug-likeness (QED) is 0.153.